The molecule has 1 aliphatic heterocycles. The number of halogens is 1. The molecule has 1 saturated heterocycles. The highest BCUT2D eigenvalue weighted by atomic mass is 79.9. The van der Waals surface area contributed by atoms with Crippen LogP contribution in [0.4, 0.5) is 0 Å². The highest BCUT2D eigenvalue weighted by Gasteiger charge is 2.24. The third-order valence-electron chi connectivity index (χ3n) is 4.44. The van der Waals surface area contributed by atoms with Crippen LogP contribution in [0.2, 0.25) is 0 Å². The first-order valence-corrected chi connectivity index (χ1v) is 9.25. The van der Waals surface area contributed by atoms with E-state index in [-0.39, 0.29) is 5.91 Å². The Kier molecular flexibility index (Phi) is 5.61. The zero-order valence-corrected chi connectivity index (χ0v) is 16.0. The van der Waals surface area contributed by atoms with E-state index in [4.69, 9.17) is 4.74 Å². The van der Waals surface area contributed by atoms with Crippen molar-refractivity contribution in [3.63, 3.8) is 0 Å². The normalized spacial score (nSPS) is 17.5. The lowest BCUT2D eigenvalue weighted by Gasteiger charge is -2.15. The van der Waals surface area contributed by atoms with Gasteiger partial charge in [-0.3, -0.25) is 9.59 Å². The number of carbonyl (C=O) groups excluding carboxylic acids is 3. The van der Waals surface area contributed by atoms with Crippen molar-refractivity contribution in [2.75, 3.05) is 13.2 Å². The van der Waals surface area contributed by atoms with E-state index in [0.717, 1.165) is 23.7 Å². The zero-order chi connectivity index (χ0) is 18.7. The monoisotopic (exact) mass is 421 g/mol. The summed E-state index contributed by atoms with van der Waals surface area (Å²) in [6, 6.07) is 6.98. The molecule has 1 unspecified atom stereocenters. The van der Waals surface area contributed by atoms with Crippen LogP contribution in [0.3, 0.4) is 0 Å². The van der Waals surface area contributed by atoms with Crippen LogP contribution in [0.15, 0.2) is 28.7 Å². The number of hydrogen-bond acceptors (Lipinski definition) is 4. The van der Waals surface area contributed by atoms with Crippen molar-refractivity contribution >= 4 is 44.6 Å². The molecule has 1 fully saturated rings. The van der Waals surface area contributed by atoms with Crippen molar-refractivity contribution in [2.24, 2.45) is 7.05 Å². The van der Waals surface area contributed by atoms with Crippen molar-refractivity contribution < 1.29 is 19.1 Å². The summed E-state index contributed by atoms with van der Waals surface area (Å²) in [6.45, 7) is 0.186. The van der Waals surface area contributed by atoms with Crippen LogP contribution < -0.4 is 10.6 Å². The minimum absolute atomic E-state index is 0.196. The number of nitrogens with one attached hydrogen (secondary N) is 2. The number of esters is 1. The van der Waals surface area contributed by atoms with E-state index in [0.29, 0.717) is 23.1 Å². The SMILES string of the molecule is Cn1c(C(=O)OCC(=O)NC2CCCCNC2=O)c(Br)c2ccccc21. The van der Waals surface area contributed by atoms with Crippen molar-refractivity contribution in [1.82, 2.24) is 15.2 Å². The molecule has 2 aromatic rings. The van der Waals surface area contributed by atoms with Gasteiger partial charge in [-0.05, 0) is 41.3 Å². The Balaban J connectivity index is 1.64. The van der Waals surface area contributed by atoms with Crippen molar-refractivity contribution in [1.29, 1.82) is 0 Å². The molecular weight excluding hydrogens is 402 g/mol. The van der Waals surface area contributed by atoms with Gasteiger partial charge in [0.2, 0.25) is 5.91 Å². The lowest BCUT2D eigenvalue weighted by atomic mass is 10.1. The number of aryl methyl sites for hydroxylation is 1. The maximum absolute atomic E-state index is 12.4. The second kappa shape index (κ2) is 7.90. The number of fused-ring (bicyclic) bond motifs is 1. The predicted octanol–water partition coefficient (Wildman–Crippen LogP) is 1.88. The van der Waals surface area contributed by atoms with E-state index >= 15 is 0 Å². The minimum atomic E-state index is -0.601. The lowest BCUT2D eigenvalue weighted by molar-refractivity contribution is -0.130. The molecule has 26 heavy (non-hydrogen) atoms. The Labute approximate surface area is 159 Å². The maximum atomic E-state index is 12.4. The molecule has 0 bridgehead atoms. The number of benzene rings is 1. The Hall–Kier alpha value is -2.35. The molecule has 2 heterocycles. The molecule has 3 rings (SSSR count). The fraction of sp³-hybridized carbons (Fsp3) is 0.389. The van der Waals surface area contributed by atoms with E-state index in [9.17, 15) is 14.4 Å². The quantitative estimate of drug-likeness (QED) is 0.737. The third-order valence-corrected chi connectivity index (χ3v) is 5.25. The van der Waals surface area contributed by atoms with Crippen LogP contribution in [-0.2, 0) is 21.4 Å². The number of hydrogen-bond donors (Lipinski definition) is 2. The van der Waals surface area contributed by atoms with Crippen LogP contribution in [0.5, 0.6) is 0 Å². The number of carbonyl (C=O) groups is 3. The van der Waals surface area contributed by atoms with Gasteiger partial charge in [-0.15, -0.1) is 0 Å². The van der Waals surface area contributed by atoms with Gasteiger partial charge in [0.15, 0.2) is 6.61 Å². The average Bonchev–Trinajstić information content (AvgIpc) is 2.75. The summed E-state index contributed by atoms with van der Waals surface area (Å²) < 4.78 is 7.51. The fourth-order valence-electron chi connectivity index (χ4n) is 3.09. The Morgan fingerprint density at radius 2 is 2.12 bits per heavy atom. The smallest absolute Gasteiger partial charge is 0.356 e. The van der Waals surface area contributed by atoms with Gasteiger partial charge < -0.3 is 19.9 Å². The zero-order valence-electron chi connectivity index (χ0n) is 14.4. The summed E-state index contributed by atoms with van der Waals surface area (Å²) in [5.74, 6) is -1.29. The molecule has 8 heteroatoms. The van der Waals surface area contributed by atoms with Gasteiger partial charge in [-0.25, -0.2) is 4.79 Å². The lowest BCUT2D eigenvalue weighted by Crippen LogP contribution is -2.46. The summed E-state index contributed by atoms with van der Waals surface area (Å²) in [5.41, 5.74) is 1.22. The van der Waals surface area contributed by atoms with Gasteiger partial charge in [0.1, 0.15) is 11.7 Å². The van der Waals surface area contributed by atoms with E-state index < -0.39 is 24.5 Å². The Morgan fingerprint density at radius 3 is 2.88 bits per heavy atom. The second-order valence-electron chi connectivity index (χ2n) is 6.22. The standard InChI is InChI=1S/C18H20BrN3O4/c1-22-13-8-3-2-6-11(13)15(19)16(22)18(25)26-10-14(23)21-12-7-4-5-9-20-17(12)24/h2-3,6,8,12H,4-5,7,9-10H2,1H3,(H,20,24)(H,21,23). The van der Waals surface area contributed by atoms with Gasteiger partial charge in [0.25, 0.3) is 5.91 Å². The molecule has 2 N–H and O–H groups in total. The molecule has 1 aromatic heterocycles. The first-order valence-electron chi connectivity index (χ1n) is 8.46. The van der Waals surface area contributed by atoms with Crippen molar-refractivity contribution in [3.8, 4) is 0 Å². The molecule has 0 spiro atoms. The number of aromatic nitrogens is 1. The average molecular weight is 422 g/mol. The molecule has 1 aliphatic rings. The predicted molar refractivity (Wildman–Crippen MR) is 99.7 cm³/mol. The molecule has 0 radical (unpaired) electrons. The molecule has 1 atom stereocenters. The number of ether oxygens (including phenoxy) is 1. The summed E-state index contributed by atoms with van der Waals surface area (Å²) >= 11 is 3.43. The van der Waals surface area contributed by atoms with Crippen LogP contribution in [-0.4, -0.2) is 41.5 Å². The van der Waals surface area contributed by atoms with Gasteiger partial charge in [-0.2, -0.15) is 0 Å². The van der Waals surface area contributed by atoms with Gasteiger partial charge in [-0.1, -0.05) is 18.2 Å². The van der Waals surface area contributed by atoms with E-state index in [1.165, 1.54) is 0 Å². The molecule has 0 aliphatic carbocycles. The van der Waals surface area contributed by atoms with Crippen molar-refractivity contribution in [2.45, 2.75) is 25.3 Å². The van der Waals surface area contributed by atoms with Gasteiger partial charge >= 0.3 is 5.97 Å². The largest absolute Gasteiger partial charge is 0.451 e. The van der Waals surface area contributed by atoms with Crippen LogP contribution in [0.1, 0.15) is 29.8 Å². The topological polar surface area (TPSA) is 89.4 Å². The summed E-state index contributed by atoms with van der Waals surface area (Å²) in [7, 11) is 1.76. The molecule has 1 aromatic carbocycles. The number of amides is 2. The summed E-state index contributed by atoms with van der Waals surface area (Å²) in [5, 5.41) is 6.26. The summed E-state index contributed by atoms with van der Waals surface area (Å²) in [6.07, 6.45) is 2.33. The van der Waals surface area contributed by atoms with Crippen LogP contribution in [0, 0.1) is 0 Å². The van der Waals surface area contributed by atoms with Crippen LogP contribution in [0.25, 0.3) is 10.9 Å². The Bertz CT molecular complexity index is 822. The first-order chi connectivity index (χ1) is 12.5. The third kappa shape index (κ3) is 3.75. The molecule has 7 nitrogen and oxygen atoms in total. The highest BCUT2D eigenvalue weighted by molar-refractivity contribution is 9.10. The fourth-order valence-corrected chi connectivity index (χ4v) is 3.85. The maximum Gasteiger partial charge on any atom is 0.356 e. The van der Waals surface area contributed by atoms with E-state index in [1.54, 1.807) is 11.6 Å². The highest BCUT2D eigenvalue weighted by Crippen LogP contribution is 2.30. The molecule has 138 valence electrons. The molecule has 0 saturated carbocycles. The number of para-hydroxylation sites is 1. The van der Waals surface area contributed by atoms with E-state index in [2.05, 4.69) is 26.6 Å². The van der Waals surface area contributed by atoms with Crippen LogP contribution >= 0.6 is 15.9 Å². The number of nitrogens with zero attached hydrogens (tertiary/aromatic N) is 1. The van der Waals surface area contributed by atoms with E-state index in [1.807, 2.05) is 24.3 Å². The summed E-state index contributed by atoms with van der Waals surface area (Å²) in [4.78, 5) is 36.4. The number of rotatable bonds is 4. The van der Waals surface area contributed by atoms with Crippen molar-refractivity contribution in [3.05, 3.63) is 34.4 Å². The second-order valence-corrected chi connectivity index (χ2v) is 7.01. The Morgan fingerprint density at radius 1 is 1.35 bits per heavy atom. The molecular formula is C18H20BrN3O4. The molecule has 2 amide bonds. The minimum Gasteiger partial charge on any atom is -0.451 e. The first kappa shape index (κ1) is 18.4. The van der Waals surface area contributed by atoms with Gasteiger partial charge in [0, 0.05) is 24.5 Å². The van der Waals surface area contributed by atoms with Gasteiger partial charge in [0.05, 0.1) is 4.47 Å².